The average Bonchev–Trinajstić information content (AvgIpc) is 2.63. The molecule has 23 heavy (non-hydrogen) atoms. The van der Waals surface area contributed by atoms with Crippen LogP contribution in [0.15, 0.2) is 54.6 Å². The summed E-state index contributed by atoms with van der Waals surface area (Å²) in [6, 6.07) is 20.6. The molecule has 0 N–H and O–H groups in total. The van der Waals surface area contributed by atoms with Crippen LogP contribution in [-0.4, -0.2) is 5.66 Å². The van der Waals surface area contributed by atoms with Crippen LogP contribution in [0.4, 0.5) is 0 Å². The molecule has 0 radical (unpaired) electrons. The molecule has 2 aromatic rings. The second-order valence-corrected chi connectivity index (χ2v) is 9.20. The van der Waals surface area contributed by atoms with Crippen molar-refractivity contribution in [2.45, 2.75) is 63.9 Å². The molecule has 1 saturated carbocycles. The van der Waals surface area contributed by atoms with E-state index in [0.29, 0.717) is 0 Å². The SMILES string of the molecule is CCCCc1ccccc1P(c1ccccc1)C1CCCCC1. The minimum Gasteiger partial charge on any atom is -0.0654 e. The smallest absolute Gasteiger partial charge is 0.0129 e. The third kappa shape index (κ3) is 4.24. The Labute approximate surface area is 143 Å². The lowest BCUT2D eigenvalue weighted by Gasteiger charge is -2.32. The van der Waals surface area contributed by atoms with Crippen molar-refractivity contribution in [1.29, 1.82) is 0 Å². The molecule has 2 aromatic carbocycles. The van der Waals surface area contributed by atoms with Crippen LogP contribution in [0, 0.1) is 0 Å². The maximum atomic E-state index is 2.43. The third-order valence-corrected chi connectivity index (χ3v) is 8.08. The summed E-state index contributed by atoms with van der Waals surface area (Å²) in [6.45, 7) is 2.30. The van der Waals surface area contributed by atoms with E-state index in [1.165, 1.54) is 51.4 Å². The van der Waals surface area contributed by atoms with Crippen molar-refractivity contribution < 1.29 is 0 Å². The molecule has 1 unspecified atom stereocenters. The topological polar surface area (TPSA) is 0 Å². The van der Waals surface area contributed by atoms with Crippen LogP contribution in [0.5, 0.6) is 0 Å². The van der Waals surface area contributed by atoms with Gasteiger partial charge in [0.2, 0.25) is 0 Å². The molecule has 122 valence electrons. The van der Waals surface area contributed by atoms with Gasteiger partial charge in [-0.3, -0.25) is 0 Å². The molecular weight excluding hydrogens is 295 g/mol. The van der Waals surface area contributed by atoms with Gasteiger partial charge in [-0.2, -0.15) is 0 Å². The number of hydrogen-bond acceptors (Lipinski definition) is 0. The summed E-state index contributed by atoms with van der Waals surface area (Å²) in [5.41, 5.74) is 2.49. The molecule has 0 aliphatic heterocycles. The van der Waals surface area contributed by atoms with Crippen LogP contribution in [0.1, 0.15) is 57.4 Å². The Morgan fingerprint density at radius 1 is 0.870 bits per heavy atom. The molecule has 0 bridgehead atoms. The first-order chi connectivity index (χ1) is 11.4. The number of rotatable bonds is 6. The number of unbranched alkanes of at least 4 members (excludes halogenated alkanes) is 1. The molecule has 0 saturated heterocycles. The zero-order chi connectivity index (χ0) is 15.9. The van der Waals surface area contributed by atoms with Crippen LogP contribution < -0.4 is 10.6 Å². The van der Waals surface area contributed by atoms with Gasteiger partial charge in [-0.1, -0.05) is 87.2 Å². The van der Waals surface area contributed by atoms with Crippen molar-refractivity contribution >= 4 is 18.5 Å². The Morgan fingerprint density at radius 2 is 1.57 bits per heavy atom. The fourth-order valence-electron chi connectivity index (χ4n) is 3.80. The molecule has 3 rings (SSSR count). The highest BCUT2D eigenvalue weighted by Gasteiger charge is 2.27. The first-order valence-corrected chi connectivity index (χ1v) is 10.7. The molecule has 0 amide bonds. The Kier molecular flexibility index (Phi) is 6.29. The van der Waals surface area contributed by atoms with E-state index in [9.17, 15) is 0 Å². The van der Waals surface area contributed by atoms with Gasteiger partial charge in [0.1, 0.15) is 0 Å². The quantitative estimate of drug-likeness (QED) is 0.590. The van der Waals surface area contributed by atoms with Gasteiger partial charge in [-0.15, -0.1) is 0 Å². The van der Waals surface area contributed by atoms with Gasteiger partial charge in [-0.25, -0.2) is 0 Å². The van der Waals surface area contributed by atoms with Gasteiger partial charge >= 0.3 is 0 Å². The summed E-state index contributed by atoms with van der Waals surface area (Å²) in [4.78, 5) is 0. The van der Waals surface area contributed by atoms with Crippen LogP contribution >= 0.6 is 7.92 Å². The molecule has 1 atom stereocenters. The standard InChI is InChI=1S/C22H29P/c1-2-3-12-19-13-10-11-18-22(19)23(20-14-6-4-7-15-20)21-16-8-5-9-17-21/h4,6-7,10-11,13-15,18,21H,2-3,5,8-9,12,16-17H2,1H3. The highest BCUT2D eigenvalue weighted by molar-refractivity contribution is 7.73. The Balaban J connectivity index is 1.98. The van der Waals surface area contributed by atoms with Crippen LogP contribution in [-0.2, 0) is 6.42 Å². The van der Waals surface area contributed by atoms with E-state index in [1.54, 1.807) is 16.2 Å². The van der Waals surface area contributed by atoms with Crippen LogP contribution in [0.3, 0.4) is 0 Å². The fourth-order valence-corrected chi connectivity index (χ4v) is 7.01. The fraction of sp³-hybridized carbons (Fsp3) is 0.455. The molecule has 1 aliphatic carbocycles. The molecule has 1 aliphatic rings. The lowest BCUT2D eigenvalue weighted by molar-refractivity contribution is 0.513. The van der Waals surface area contributed by atoms with Gasteiger partial charge in [0.25, 0.3) is 0 Å². The Morgan fingerprint density at radius 3 is 2.30 bits per heavy atom. The summed E-state index contributed by atoms with van der Waals surface area (Å²) in [6.07, 6.45) is 10.9. The largest absolute Gasteiger partial charge is 0.0654 e. The van der Waals surface area contributed by atoms with Crippen molar-refractivity contribution in [3.05, 3.63) is 60.2 Å². The molecule has 0 aromatic heterocycles. The van der Waals surface area contributed by atoms with Gasteiger partial charge in [0.05, 0.1) is 0 Å². The lowest BCUT2D eigenvalue weighted by Crippen LogP contribution is -2.25. The van der Waals surface area contributed by atoms with Crippen molar-refractivity contribution in [2.75, 3.05) is 0 Å². The minimum atomic E-state index is -0.206. The van der Waals surface area contributed by atoms with E-state index < -0.39 is 0 Å². The van der Waals surface area contributed by atoms with Gasteiger partial charge in [0, 0.05) is 0 Å². The molecule has 0 nitrogen and oxygen atoms in total. The maximum absolute atomic E-state index is 2.43. The van der Waals surface area contributed by atoms with E-state index in [2.05, 4.69) is 61.5 Å². The van der Waals surface area contributed by atoms with Crippen LogP contribution in [0.2, 0.25) is 0 Å². The van der Waals surface area contributed by atoms with E-state index in [4.69, 9.17) is 0 Å². The van der Waals surface area contributed by atoms with E-state index in [-0.39, 0.29) is 7.92 Å². The summed E-state index contributed by atoms with van der Waals surface area (Å²) in [7, 11) is -0.206. The van der Waals surface area contributed by atoms with Crippen molar-refractivity contribution in [3.63, 3.8) is 0 Å². The summed E-state index contributed by atoms with van der Waals surface area (Å²) in [5.74, 6) is 0. The van der Waals surface area contributed by atoms with Gasteiger partial charge in [-0.05, 0) is 55.4 Å². The number of aryl methyl sites for hydroxylation is 1. The normalized spacial score (nSPS) is 17.1. The van der Waals surface area contributed by atoms with Crippen molar-refractivity contribution in [1.82, 2.24) is 0 Å². The van der Waals surface area contributed by atoms with Gasteiger partial charge < -0.3 is 0 Å². The highest BCUT2D eigenvalue weighted by atomic mass is 31.1. The summed E-state index contributed by atoms with van der Waals surface area (Å²) in [5, 5.41) is 3.24. The monoisotopic (exact) mass is 324 g/mol. The molecular formula is C22H29P. The van der Waals surface area contributed by atoms with E-state index >= 15 is 0 Å². The minimum absolute atomic E-state index is 0.206. The second-order valence-electron chi connectivity index (χ2n) is 6.73. The number of benzene rings is 2. The predicted molar refractivity (Wildman–Crippen MR) is 105 cm³/mol. The zero-order valence-corrected chi connectivity index (χ0v) is 15.3. The van der Waals surface area contributed by atoms with Crippen LogP contribution in [0.25, 0.3) is 0 Å². The predicted octanol–water partition coefficient (Wildman–Crippen LogP) is 5.79. The first kappa shape index (κ1) is 16.7. The maximum Gasteiger partial charge on any atom is -0.0129 e. The molecule has 0 heterocycles. The van der Waals surface area contributed by atoms with Crippen molar-refractivity contribution in [2.24, 2.45) is 0 Å². The van der Waals surface area contributed by atoms with E-state index in [0.717, 1.165) is 5.66 Å². The first-order valence-electron chi connectivity index (χ1n) is 9.32. The third-order valence-electron chi connectivity index (χ3n) is 5.03. The summed E-state index contributed by atoms with van der Waals surface area (Å²) < 4.78 is 0. The number of hydrogen-bond donors (Lipinski definition) is 0. The van der Waals surface area contributed by atoms with E-state index in [1.807, 2.05) is 0 Å². The van der Waals surface area contributed by atoms with Gasteiger partial charge in [0.15, 0.2) is 0 Å². The second kappa shape index (κ2) is 8.65. The Hall–Kier alpha value is -1.13. The highest BCUT2D eigenvalue weighted by Crippen LogP contribution is 2.47. The summed E-state index contributed by atoms with van der Waals surface area (Å²) >= 11 is 0. The molecule has 1 fully saturated rings. The molecule has 1 heteroatoms. The average molecular weight is 324 g/mol. The molecule has 0 spiro atoms. The Bertz CT molecular complexity index is 584. The lowest BCUT2D eigenvalue weighted by atomic mass is 10.0. The van der Waals surface area contributed by atoms with Crippen molar-refractivity contribution in [3.8, 4) is 0 Å². The zero-order valence-electron chi connectivity index (χ0n) is 14.4.